The van der Waals surface area contributed by atoms with Gasteiger partial charge in [0.05, 0.1) is 12.8 Å². The second-order valence-electron chi connectivity index (χ2n) is 5.73. The van der Waals surface area contributed by atoms with Crippen LogP contribution in [0.2, 0.25) is 0 Å². The van der Waals surface area contributed by atoms with Gasteiger partial charge in [0, 0.05) is 43.8 Å². The van der Waals surface area contributed by atoms with E-state index < -0.39 is 0 Å². The molecule has 3 aromatic heterocycles. The average molecular weight is 310 g/mol. The third kappa shape index (κ3) is 3.08. The summed E-state index contributed by atoms with van der Waals surface area (Å²) in [6, 6.07) is 4.04. The maximum Gasteiger partial charge on any atom is 0.232 e. The van der Waals surface area contributed by atoms with Gasteiger partial charge in [-0.2, -0.15) is 0 Å². The van der Waals surface area contributed by atoms with E-state index in [-0.39, 0.29) is 0 Å². The second kappa shape index (κ2) is 6.20. The van der Waals surface area contributed by atoms with Gasteiger partial charge in [0.1, 0.15) is 5.82 Å². The molecule has 7 nitrogen and oxygen atoms in total. The summed E-state index contributed by atoms with van der Waals surface area (Å²) >= 11 is 0. The van der Waals surface area contributed by atoms with E-state index in [0.717, 1.165) is 37.4 Å². The van der Waals surface area contributed by atoms with Crippen LogP contribution in [0.25, 0.3) is 5.65 Å². The van der Waals surface area contributed by atoms with Crippen molar-refractivity contribution in [3.05, 3.63) is 43.1 Å². The molecule has 1 aliphatic heterocycles. The topological polar surface area (TPSA) is 68.4 Å². The van der Waals surface area contributed by atoms with Crippen LogP contribution < -0.4 is 9.64 Å². The Labute approximate surface area is 134 Å². The van der Waals surface area contributed by atoms with E-state index in [1.807, 2.05) is 22.8 Å². The van der Waals surface area contributed by atoms with Crippen LogP contribution in [0.5, 0.6) is 5.88 Å². The quantitative estimate of drug-likeness (QED) is 0.732. The van der Waals surface area contributed by atoms with Gasteiger partial charge in [-0.3, -0.25) is 4.98 Å². The maximum absolute atomic E-state index is 5.75. The van der Waals surface area contributed by atoms with E-state index >= 15 is 0 Å². The van der Waals surface area contributed by atoms with Gasteiger partial charge in [-0.05, 0) is 25.0 Å². The first kappa shape index (κ1) is 13.9. The summed E-state index contributed by atoms with van der Waals surface area (Å²) in [5, 5.41) is 4.63. The first-order valence-electron chi connectivity index (χ1n) is 7.83. The van der Waals surface area contributed by atoms with Crippen LogP contribution in [0.1, 0.15) is 12.8 Å². The Morgan fingerprint density at radius 3 is 3.09 bits per heavy atom. The molecule has 23 heavy (non-hydrogen) atoms. The van der Waals surface area contributed by atoms with Crippen LogP contribution >= 0.6 is 0 Å². The molecule has 4 rings (SSSR count). The molecule has 0 radical (unpaired) electrons. The fraction of sp³-hybridized carbons (Fsp3) is 0.375. The lowest BCUT2D eigenvalue weighted by atomic mass is 9.99. The standard InChI is InChI=1S/C16H18N6O/c1-2-13(12-23-16-10-17-5-6-19-16)11-21(8-1)15-4-3-14-18-7-9-22(14)20-15/h3-7,9-10,13H,1-2,8,11-12H2. The molecule has 1 aliphatic rings. The van der Waals surface area contributed by atoms with Crippen LogP contribution in [0, 0.1) is 5.92 Å². The number of piperidine rings is 1. The smallest absolute Gasteiger partial charge is 0.232 e. The van der Waals surface area contributed by atoms with Crippen LogP contribution in [0.15, 0.2) is 43.1 Å². The summed E-state index contributed by atoms with van der Waals surface area (Å²) in [6.07, 6.45) is 10.9. The normalized spacial score (nSPS) is 18.3. The van der Waals surface area contributed by atoms with Crippen LogP contribution in [-0.4, -0.2) is 44.3 Å². The molecule has 0 aliphatic carbocycles. The summed E-state index contributed by atoms with van der Waals surface area (Å²) in [6.45, 7) is 2.62. The molecule has 0 N–H and O–H groups in total. The van der Waals surface area contributed by atoms with E-state index in [2.05, 4.69) is 25.0 Å². The number of hydrogen-bond donors (Lipinski definition) is 0. The number of nitrogens with zero attached hydrogens (tertiary/aromatic N) is 6. The molecule has 0 amide bonds. The van der Waals surface area contributed by atoms with Gasteiger partial charge < -0.3 is 9.64 Å². The Hall–Kier alpha value is -2.70. The van der Waals surface area contributed by atoms with Gasteiger partial charge >= 0.3 is 0 Å². The van der Waals surface area contributed by atoms with E-state index in [1.165, 1.54) is 0 Å². The molecular weight excluding hydrogens is 292 g/mol. The van der Waals surface area contributed by atoms with Gasteiger partial charge in [0.2, 0.25) is 5.88 Å². The third-order valence-electron chi connectivity index (χ3n) is 4.09. The first-order chi connectivity index (χ1) is 11.4. The molecule has 1 saturated heterocycles. The lowest BCUT2D eigenvalue weighted by Crippen LogP contribution is -2.38. The molecule has 1 atom stereocenters. The summed E-state index contributed by atoms with van der Waals surface area (Å²) < 4.78 is 7.57. The molecule has 0 spiro atoms. The van der Waals surface area contributed by atoms with Gasteiger partial charge in [0.25, 0.3) is 0 Å². The maximum atomic E-state index is 5.75. The predicted octanol–water partition coefficient (Wildman–Crippen LogP) is 1.81. The molecule has 7 heteroatoms. The third-order valence-corrected chi connectivity index (χ3v) is 4.09. The van der Waals surface area contributed by atoms with E-state index in [4.69, 9.17) is 4.74 Å². The molecule has 0 saturated carbocycles. The zero-order valence-electron chi connectivity index (χ0n) is 12.7. The van der Waals surface area contributed by atoms with Crippen molar-refractivity contribution in [1.29, 1.82) is 0 Å². The summed E-state index contributed by atoms with van der Waals surface area (Å²) in [5.41, 5.74) is 0.869. The van der Waals surface area contributed by atoms with E-state index in [9.17, 15) is 0 Å². The Morgan fingerprint density at radius 1 is 1.17 bits per heavy atom. The fourth-order valence-electron chi connectivity index (χ4n) is 2.95. The molecule has 1 fully saturated rings. The predicted molar refractivity (Wildman–Crippen MR) is 85.5 cm³/mol. The molecule has 4 heterocycles. The lowest BCUT2D eigenvalue weighted by Gasteiger charge is -2.33. The SMILES string of the molecule is c1cnc(OCC2CCCN(c3ccc4nccn4n3)C2)cn1. The van der Waals surface area contributed by atoms with Crippen molar-refractivity contribution in [3.8, 4) is 5.88 Å². The number of rotatable bonds is 4. The highest BCUT2D eigenvalue weighted by Crippen LogP contribution is 2.22. The van der Waals surface area contributed by atoms with Crippen molar-refractivity contribution >= 4 is 11.5 Å². The minimum atomic E-state index is 0.464. The van der Waals surface area contributed by atoms with Crippen molar-refractivity contribution < 1.29 is 4.74 Å². The number of hydrogen-bond acceptors (Lipinski definition) is 6. The Kier molecular flexibility index (Phi) is 3.75. The van der Waals surface area contributed by atoms with E-state index in [1.54, 1.807) is 24.8 Å². The number of ether oxygens (including phenoxy) is 1. The highest BCUT2D eigenvalue weighted by atomic mass is 16.5. The molecule has 118 valence electrons. The van der Waals surface area contributed by atoms with Crippen LogP contribution in [0.4, 0.5) is 5.82 Å². The summed E-state index contributed by atoms with van der Waals surface area (Å²) in [5.74, 6) is 2.04. The highest BCUT2D eigenvalue weighted by molar-refractivity contribution is 5.46. The van der Waals surface area contributed by atoms with Crippen molar-refractivity contribution in [1.82, 2.24) is 24.6 Å². The number of anilines is 1. The number of aromatic nitrogens is 5. The Bertz CT molecular complexity index is 774. The first-order valence-corrected chi connectivity index (χ1v) is 7.83. The van der Waals surface area contributed by atoms with Crippen molar-refractivity contribution in [2.75, 3.05) is 24.6 Å². The van der Waals surface area contributed by atoms with Crippen LogP contribution in [-0.2, 0) is 0 Å². The molecular formula is C16H18N6O. The Morgan fingerprint density at radius 2 is 2.17 bits per heavy atom. The second-order valence-corrected chi connectivity index (χ2v) is 5.73. The van der Waals surface area contributed by atoms with Gasteiger partial charge in [-0.25, -0.2) is 14.5 Å². The molecule has 0 bridgehead atoms. The monoisotopic (exact) mass is 310 g/mol. The van der Waals surface area contributed by atoms with Crippen molar-refractivity contribution in [3.63, 3.8) is 0 Å². The van der Waals surface area contributed by atoms with Crippen molar-refractivity contribution in [2.45, 2.75) is 12.8 Å². The zero-order chi connectivity index (χ0) is 15.5. The van der Waals surface area contributed by atoms with Gasteiger partial charge in [-0.1, -0.05) is 0 Å². The fourth-order valence-corrected chi connectivity index (χ4v) is 2.95. The molecule has 1 unspecified atom stereocenters. The summed E-state index contributed by atoms with van der Waals surface area (Å²) in [7, 11) is 0. The van der Waals surface area contributed by atoms with Crippen LogP contribution in [0.3, 0.4) is 0 Å². The van der Waals surface area contributed by atoms with Crippen molar-refractivity contribution in [2.24, 2.45) is 5.92 Å². The lowest BCUT2D eigenvalue weighted by molar-refractivity contribution is 0.220. The largest absolute Gasteiger partial charge is 0.476 e. The number of imidazole rings is 1. The minimum Gasteiger partial charge on any atom is -0.476 e. The summed E-state index contributed by atoms with van der Waals surface area (Å²) in [4.78, 5) is 14.7. The van der Waals surface area contributed by atoms with E-state index in [0.29, 0.717) is 18.4 Å². The van der Waals surface area contributed by atoms with Gasteiger partial charge in [-0.15, -0.1) is 5.10 Å². The molecule has 0 aromatic carbocycles. The number of fused-ring (bicyclic) bond motifs is 1. The molecule has 3 aromatic rings. The minimum absolute atomic E-state index is 0.464. The average Bonchev–Trinajstić information content (AvgIpc) is 3.09. The highest BCUT2D eigenvalue weighted by Gasteiger charge is 2.22. The zero-order valence-corrected chi connectivity index (χ0v) is 12.7. The van der Waals surface area contributed by atoms with Gasteiger partial charge in [0.15, 0.2) is 5.65 Å². The Balaban J connectivity index is 1.42.